The fourth-order valence-corrected chi connectivity index (χ4v) is 5.97. The lowest BCUT2D eigenvalue weighted by molar-refractivity contribution is -0.150. The van der Waals surface area contributed by atoms with Crippen LogP contribution >= 0.6 is 11.3 Å². The molecule has 0 N–H and O–H groups in total. The minimum atomic E-state index is -3.91. The molecule has 1 saturated heterocycles. The van der Waals surface area contributed by atoms with E-state index in [9.17, 15) is 18.0 Å². The van der Waals surface area contributed by atoms with Crippen LogP contribution in [0.2, 0.25) is 0 Å². The average molecular weight is 475 g/mol. The highest BCUT2D eigenvalue weighted by Crippen LogP contribution is 2.28. The first-order chi connectivity index (χ1) is 15.4. The smallest absolute Gasteiger partial charge is 0.324 e. The van der Waals surface area contributed by atoms with Crippen molar-refractivity contribution in [2.24, 2.45) is 0 Å². The molecule has 0 amide bonds. The highest BCUT2D eigenvalue weighted by molar-refractivity contribution is 7.89. The van der Waals surface area contributed by atoms with Crippen molar-refractivity contribution in [3.05, 3.63) is 59.3 Å². The number of thiazole rings is 1. The number of carbonyl (C=O) groups excluding carboxylic acids is 2. The number of ether oxygens (including phenoxy) is 1. The van der Waals surface area contributed by atoms with Crippen molar-refractivity contribution < 1.29 is 27.2 Å². The minimum Gasteiger partial charge on any atom is -0.462 e. The van der Waals surface area contributed by atoms with Gasteiger partial charge in [0.05, 0.1) is 16.9 Å². The summed E-state index contributed by atoms with van der Waals surface area (Å²) in [7, 11) is -3.91. The van der Waals surface area contributed by atoms with Crippen LogP contribution in [0.1, 0.15) is 42.2 Å². The van der Waals surface area contributed by atoms with E-state index in [1.54, 1.807) is 23.8 Å². The molecule has 32 heavy (non-hydrogen) atoms. The number of hydrogen-bond acceptors (Lipinski definition) is 8. The van der Waals surface area contributed by atoms with Gasteiger partial charge in [0.15, 0.2) is 16.6 Å². The monoisotopic (exact) mass is 474 g/mol. The van der Waals surface area contributed by atoms with Gasteiger partial charge in [0, 0.05) is 17.5 Å². The number of aromatic nitrogens is 1. The lowest BCUT2D eigenvalue weighted by Crippen LogP contribution is -2.48. The number of sulfonamides is 1. The Morgan fingerprint density at radius 1 is 1.22 bits per heavy atom. The second kappa shape index (κ2) is 9.35. The number of ketones is 1. The number of hydrogen-bond donors (Lipinski definition) is 0. The molecule has 1 aliphatic heterocycles. The van der Waals surface area contributed by atoms with E-state index in [4.69, 9.17) is 9.15 Å². The van der Waals surface area contributed by atoms with E-state index in [0.29, 0.717) is 34.9 Å². The molecule has 2 aromatic heterocycles. The molecule has 3 aromatic rings. The van der Waals surface area contributed by atoms with Crippen LogP contribution < -0.4 is 0 Å². The Morgan fingerprint density at radius 2 is 2.00 bits per heavy atom. The van der Waals surface area contributed by atoms with Gasteiger partial charge >= 0.3 is 5.97 Å². The molecule has 0 aliphatic carbocycles. The van der Waals surface area contributed by atoms with Crippen molar-refractivity contribution in [2.75, 3.05) is 6.54 Å². The Hall–Kier alpha value is -2.82. The molecule has 0 saturated carbocycles. The summed E-state index contributed by atoms with van der Waals surface area (Å²) < 4.78 is 38.4. The van der Waals surface area contributed by atoms with Gasteiger partial charge < -0.3 is 9.15 Å². The van der Waals surface area contributed by atoms with Crippen LogP contribution in [-0.2, 0) is 26.2 Å². The Balaban J connectivity index is 1.46. The fraction of sp³-hybridized carbons (Fsp3) is 0.318. The summed E-state index contributed by atoms with van der Waals surface area (Å²) in [5, 5.41) is 2.45. The molecule has 0 spiro atoms. The van der Waals surface area contributed by atoms with Crippen LogP contribution in [0.3, 0.4) is 0 Å². The maximum atomic E-state index is 13.2. The normalized spacial score (nSPS) is 17.2. The van der Waals surface area contributed by atoms with Crippen LogP contribution in [0.4, 0.5) is 0 Å². The Kier molecular flexibility index (Phi) is 6.54. The van der Waals surface area contributed by atoms with E-state index in [0.717, 1.165) is 6.42 Å². The van der Waals surface area contributed by atoms with Crippen LogP contribution in [0, 0.1) is 0 Å². The second-order valence-corrected chi connectivity index (χ2v) is 10.2. The summed E-state index contributed by atoms with van der Waals surface area (Å²) in [4.78, 5) is 28.7. The number of benzene rings is 1. The predicted octanol–water partition coefficient (Wildman–Crippen LogP) is 3.89. The van der Waals surface area contributed by atoms with Gasteiger partial charge in [-0.25, -0.2) is 13.4 Å². The largest absolute Gasteiger partial charge is 0.462 e. The number of carbonyl (C=O) groups is 2. The standard InChI is InChI=1S/C22H22N2O6S2/c1-15(25)16-7-9-18(10-8-16)32(27,28)24-11-3-2-5-19(24)22(26)30-13-17-14-31-21(23-17)20-6-4-12-29-20/h4,6-10,12,14,19H,2-3,5,11,13H2,1H3. The van der Waals surface area contributed by atoms with E-state index in [2.05, 4.69) is 4.98 Å². The predicted molar refractivity (Wildman–Crippen MR) is 118 cm³/mol. The number of esters is 1. The van der Waals surface area contributed by atoms with Gasteiger partial charge in [-0.3, -0.25) is 9.59 Å². The Labute approximate surface area is 189 Å². The second-order valence-electron chi connectivity index (χ2n) is 7.44. The molecule has 1 fully saturated rings. The summed E-state index contributed by atoms with van der Waals surface area (Å²) in [6, 6.07) is 8.41. The molecule has 8 nitrogen and oxygen atoms in total. The average Bonchev–Trinajstić information content (AvgIpc) is 3.49. The van der Waals surface area contributed by atoms with E-state index < -0.39 is 22.0 Å². The van der Waals surface area contributed by atoms with Crippen molar-refractivity contribution >= 4 is 33.1 Å². The molecule has 0 radical (unpaired) electrons. The van der Waals surface area contributed by atoms with Gasteiger partial charge in [0.25, 0.3) is 0 Å². The van der Waals surface area contributed by atoms with Crippen LogP contribution in [0.25, 0.3) is 10.8 Å². The molecule has 1 unspecified atom stereocenters. The Morgan fingerprint density at radius 3 is 2.69 bits per heavy atom. The molecular formula is C22H22N2O6S2. The van der Waals surface area contributed by atoms with E-state index in [1.807, 2.05) is 0 Å². The quantitative estimate of drug-likeness (QED) is 0.378. The van der Waals surface area contributed by atoms with Gasteiger partial charge in [-0.05, 0) is 50.5 Å². The first-order valence-electron chi connectivity index (χ1n) is 10.1. The van der Waals surface area contributed by atoms with Gasteiger partial charge in [0.1, 0.15) is 12.6 Å². The lowest BCUT2D eigenvalue weighted by atomic mass is 10.1. The summed E-state index contributed by atoms with van der Waals surface area (Å²) in [5.41, 5.74) is 0.996. The minimum absolute atomic E-state index is 0.0461. The van der Waals surface area contributed by atoms with Crippen molar-refractivity contribution in [1.82, 2.24) is 9.29 Å². The molecule has 1 atom stereocenters. The van der Waals surface area contributed by atoms with Crippen LogP contribution in [-0.4, -0.2) is 42.0 Å². The molecule has 0 bridgehead atoms. The zero-order valence-corrected chi connectivity index (χ0v) is 19.0. The summed E-state index contributed by atoms with van der Waals surface area (Å²) in [6.07, 6.45) is 3.34. The molecule has 1 aliphatic rings. The zero-order chi connectivity index (χ0) is 22.7. The Bertz CT molecular complexity index is 1200. The SMILES string of the molecule is CC(=O)c1ccc(S(=O)(=O)N2CCCCC2C(=O)OCc2csc(-c3ccco3)n2)cc1. The van der Waals surface area contributed by atoms with Crippen molar-refractivity contribution in [3.8, 4) is 10.8 Å². The molecule has 10 heteroatoms. The maximum absolute atomic E-state index is 13.2. The van der Waals surface area contributed by atoms with Crippen molar-refractivity contribution in [2.45, 2.75) is 43.7 Å². The molecule has 3 heterocycles. The van der Waals surface area contributed by atoms with Gasteiger partial charge in [-0.15, -0.1) is 11.3 Å². The van der Waals surface area contributed by atoms with Gasteiger partial charge in [-0.1, -0.05) is 12.1 Å². The van der Waals surface area contributed by atoms with E-state index >= 15 is 0 Å². The third kappa shape index (κ3) is 4.67. The maximum Gasteiger partial charge on any atom is 0.324 e. The zero-order valence-electron chi connectivity index (χ0n) is 17.4. The molecule has 4 rings (SSSR count). The molecule has 168 valence electrons. The first-order valence-corrected chi connectivity index (χ1v) is 12.5. The fourth-order valence-electron chi connectivity index (χ4n) is 3.55. The summed E-state index contributed by atoms with van der Waals surface area (Å²) >= 11 is 1.37. The molecular weight excluding hydrogens is 452 g/mol. The highest BCUT2D eigenvalue weighted by atomic mass is 32.2. The van der Waals surface area contributed by atoms with Crippen LogP contribution in [0.15, 0.2) is 57.4 Å². The third-order valence-corrected chi connectivity index (χ3v) is 8.07. The lowest BCUT2D eigenvalue weighted by Gasteiger charge is -2.33. The van der Waals surface area contributed by atoms with Crippen molar-refractivity contribution in [1.29, 1.82) is 0 Å². The number of piperidine rings is 1. The van der Waals surface area contributed by atoms with E-state index in [1.165, 1.54) is 46.8 Å². The molecule has 1 aromatic carbocycles. The van der Waals surface area contributed by atoms with Crippen molar-refractivity contribution in [3.63, 3.8) is 0 Å². The number of nitrogens with zero attached hydrogens (tertiary/aromatic N) is 2. The third-order valence-electron chi connectivity index (χ3n) is 5.24. The highest BCUT2D eigenvalue weighted by Gasteiger charge is 2.38. The number of Topliss-reactive ketones (excluding diaryl/α,β-unsaturated/α-hetero) is 1. The van der Waals surface area contributed by atoms with E-state index in [-0.39, 0.29) is 23.8 Å². The number of rotatable bonds is 7. The first kappa shape index (κ1) is 22.4. The summed E-state index contributed by atoms with van der Waals surface area (Å²) in [5.74, 6) is -0.111. The van der Waals surface area contributed by atoms with Gasteiger partial charge in [-0.2, -0.15) is 4.31 Å². The van der Waals surface area contributed by atoms with Crippen LogP contribution in [0.5, 0.6) is 0 Å². The summed E-state index contributed by atoms with van der Waals surface area (Å²) in [6.45, 7) is 1.60. The number of furan rings is 1. The van der Waals surface area contributed by atoms with Gasteiger partial charge in [0.2, 0.25) is 10.0 Å². The topological polar surface area (TPSA) is 107 Å².